The standard InChI is InChI=1S/C14H20N2O3/c1-14(2,3)16-9-10(7-12(16)17)13(18)15-8-11-5-4-6-19-11/h4-6,10H,7-9H2,1-3H3,(H,15,18). The van der Waals surface area contributed by atoms with Crippen LogP contribution in [0, 0.1) is 5.92 Å². The summed E-state index contributed by atoms with van der Waals surface area (Å²) in [7, 11) is 0. The zero-order valence-corrected chi connectivity index (χ0v) is 11.6. The van der Waals surface area contributed by atoms with E-state index in [0.29, 0.717) is 25.3 Å². The number of carbonyl (C=O) groups excluding carboxylic acids is 2. The summed E-state index contributed by atoms with van der Waals surface area (Å²) >= 11 is 0. The molecule has 2 amide bonds. The summed E-state index contributed by atoms with van der Waals surface area (Å²) in [6, 6.07) is 3.59. The smallest absolute Gasteiger partial charge is 0.225 e. The van der Waals surface area contributed by atoms with E-state index < -0.39 is 0 Å². The largest absolute Gasteiger partial charge is 0.467 e. The molecule has 0 radical (unpaired) electrons. The highest BCUT2D eigenvalue weighted by Gasteiger charge is 2.39. The molecule has 0 aromatic carbocycles. The minimum atomic E-state index is -0.262. The van der Waals surface area contributed by atoms with E-state index in [4.69, 9.17) is 4.42 Å². The fourth-order valence-electron chi connectivity index (χ4n) is 2.26. The molecule has 1 aliphatic heterocycles. The van der Waals surface area contributed by atoms with Crippen molar-refractivity contribution in [3.05, 3.63) is 24.2 Å². The van der Waals surface area contributed by atoms with Crippen molar-refractivity contribution in [2.75, 3.05) is 6.54 Å². The second-order valence-electron chi connectivity index (χ2n) is 5.87. The fraction of sp³-hybridized carbons (Fsp3) is 0.571. The number of likely N-dealkylation sites (tertiary alicyclic amines) is 1. The van der Waals surface area contributed by atoms with E-state index in [9.17, 15) is 9.59 Å². The van der Waals surface area contributed by atoms with Gasteiger partial charge in [-0.3, -0.25) is 9.59 Å². The molecular formula is C14H20N2O3. The minimum Gasteiger partial charge on any atom is -0.467 e. The number of hydrogen-bond acceptors (Lipinski definition) is 3. The van der Waals surface area contributed by atoms with Crippen molar-refractivity contribution in [1.29, 1.82) is 0 Å². The number of furan rings is 1. The van der Waals surface area contributed by atoms with E-state index in [1.807, 2.05) is 26.8 Å². The average molecular weight is 264 g/mol. The molecule has 1 N–H and O–H groups in total. The second kappa shape index (κ2) is 5.07. The van der Waals surface area contributed by atoms with Crippen LogP contribution >= 0.6 is 0 Å². The van der Waals surface area contributed by atoms with Crippen LogP contribution in [0.3, 0.4) is 0 Å². The third kappa shape index (κ3) is 3.16. The SMILES string of the molecule is CC(C)(C)N1CC(C(=O)NCc2ccco2)CC1=O. The molecular weight excluding hydrogens is 244 g/mol. The van der Waals surface area contributed by atoms with E-state index in [1.54, 1.807) is 17.2 Å². The summed E-state index contributed by atoms with van der Waals surface area (Å²) in [4.78, 5) is 25.7. The van der Waals surface area contributed by atoms with Gasteiger partial charge in [-0.05, 0) is 32.9 Å². The highest BCUT2D eigenvalue weighted by Crippen LogP contribution is 2.25. The third-order valence-corrected chi connectivity index (χ3v) is 3.32. The quantitative estimate of drug-likeness (QED) is 0.900. The van der Waals surface area contributed by atoms with Crippen LogP contribution in [0.4, 0.5) is 0 Å². The van der Waals surface area contributed by atoms with Crippen molar-refractivity contribution < 1.29 is 14.0 Å². The molecule has 0 spiro atoms. The summed E-state index contributed by atoms with van der Waals surface area (Å²) < 4.78 is 5.15. The number of hydrogen-bond donors (Lipinski definition) is 1. The summed E-state index contributed by atoms with van der Waals surface area (Å²) in [5.74, 6) is 0.411. The van der Waals surface area contributed by atoms with Crippen LogP contribution in [0.1, 0.15) is 33.0 Å². The van der Waals surface area contributed by atoms with Gasteiger partial charge in [0.15, 0.2) is 0 Å². The maximum absolute atomic E-state index is 12.0. The van der Waals surface area contributed by atoms with Gasteiger partial charge < -0.3 is 14.6 Å². The number of amides is 2. The first-order valence-corrected chi connectivity index (χ1v) is 6.48. The summed E-state index contributed by atoms with van der Waals surface area (Å²) in [5.41, 5.74) is -0.229. The van der Waals surface area contributed by atoms with Gasteiger partial charge in [0.2, 0.25) is 11.8 Å². The first-order chi connectivity index (χ1) is 8.88. The van der Waals surface area contributed by atoms with Crippen LogP contribution in [-0.4, -0.2) is 28.8 Å². The fourth-order valence-corrected chi connectivity index (χ4v) is 2.26. The number of nitrogens with zero attached hydrogens (tertiary/aromatic N) is 1. The monoisotopic (exact) mass is 264 g/mol. The van der Waals surface area contributed by atoms with Crippen LogP contribution < -0.4 is 5.32 Å². The Hall–Kier alpha value is -1.78. The van der Waals surface area contributed by atoms with Gasteiger partial charge in [0.1, 0.15) is 5.76 Å². The van der Waals surface area contributed by atoms with Crippen LogP contribution in [0.25, 0.3) is 0 Å². The molecule has 0 aliphatic carbocycles. The minimum absolute atomic E-state index is 0.0469. The molecule has 1 atom stereocenters. The second-order valence-corrected chi connectivity index (χ2v) is 5.87. The van der Waals surface area contributed by atoms with E-state index in [2.05, 4.69) is 5.32 Å². The van der Waals surface area contributed by atoms with Gasteiger partial charge in [-0.25, -0.2) is 0 Å². The van der Waals surface area contributed by atoms with Crippen molar-refractivity contribution in [2.45, 2.75) is 39.3 Å². The predicted molar refractivity (Wildman–Crippen MR) is 70.1 cm³/mol. The Kier molecular flexibility index (Phi) is 3.64. The van der Waals surface area contributed by atoms with Gasteiger partial charge in [0.25, 0.3) is 0 Å². The van der Waals surface area contributed by atoms with Gasteiger partial charge >= 0.3 is 0 Å². The van der Waals surface area contributed by atoms with E-state index >= 15 is 0 Å². The number of nitrogens with one attached hydrogen (secondary N) is 1. The highest BCUT2D eigenvalue weighted by molar-refractivity contribution is 5.89. The van der Waals surface area contributed by atoms with Gasteiger partial charge in [0.05, 0.1) is 18.7 Å². The maximum atomic E-state index is 12.0. The zero-order valence-electron chi connectivity index (χ0n) is 11.6. The molecule has 1 aromatic heterocycles. The third-order valence-electron chi connectivity index (χ3n) is 3.32. The Labute approximate surface area is 113 Å². The van der Waals surface area contributed by atoms with Crippen LogP contribution in [0.2, 0.25) is 0 Å². The van der Waals surface area contributed by atoms with Gasteiger partial charge in [-0.2, -0.15) is 0 Å². The van der Waals surface area contributed by atoms with Crippen molar-refractivity contribution in [3.63, 3.8) is 0 Å². The Morgan fingerprint density at radius 1 is 1.53 bits per heavy atom. The lowest BCUT2D eigenvalue weighted by Gasteiger charge is -2.31. The van der Waals surface area contributed by atoms with Crippen molar-refractivity contribution >= 4 is 11.8 Å². The number of rotatable bonds is 3. The topological polar surface area (TPSA) is 62.6 Å². The molecule has 104 valence electrons. The Balaban J connectivity index is 1.89. The number of carbonyl (C=O) groups is 2. The molecule has 5 heteroatoms. The molecule has 1 unspecified atom stereocenters. The molecule has 0 saturated carbocycles. The lowest BCUT2D eigenvalue weighted by molar-refractivity contribution is -0.132. The molecule has 19 heavy (non-hydrogen) atoms. The highest BCUT2D eigenvalue weighted by atomic mass is 16.3. The van der Waals surface area contributed by atoms with Gasteiger partial charge in [0, 0.05) is 18.5 Å². The van der Waals surface area contributed by atoms with Crippen molar-refractivity contribution in [1.82, 2.24) is 10.2 Å². The molecule has 5 nitrogen and oxygen atoms in total. The summed E-state index contributed by atoms with van der Waals surface area (Å²) in [5, 5.41) is 2.81. The normalized spacial score (nSPS) is 19.8. The van der Waals surface area contributed by atoms with Gasteiger partial charge in [-0.15, -0.1) is 0 Å². The summed E-state index contributed by atoms with van der Waals surface area (Å²) in [6.07, 6.45) is 1.86. The Morgan fingerprint density at radius 3 is 2.79 bits per heavy atom. The van der Waals surface area contributed by atoms with Crippen molar-refractivity contribution in [2.24, 2.45) is 5.92 Å². The van der Waals surface area contributed by atoms with E-state index in [-0.39, 0.29) is 23.3 Å². The predicted octanol–water partition coefficient (Wildman–Crippen LogP) is 1.54. The van der Waals surface area contributed by atoms with Gasteiger partial charge in [-0.1, -0.05) is 0 Å². The first kappa shape index (κ1) is 13.6. The molecule has 1 fully saturated rings. The lowest BCUT2D eigenvalue weighted by Crippen LogP contribution is -2.43. The van der Waals surface area contributed by atoms with Crippen LogP contribution in [0.15, 0.2) is 22.8 Å². The van der Waals surface area contributed by atoms with Crippen molar-refractivity contribution in [3.8, 4) is 0 Å². The Morgan fingerprint density at radius 2 is 2.26 bits per heavy atom. The zero-order chi connectivity index (χ0) is 14.0. The molecule has 2 heterocycles. The van der Waals surface area contributed by atoms with E-state index in [1.165, 1.54) is 0 Å². The molecule has 1 aliphatic rings. The maximum Gasteiger partial charge on any atom is 0.225 e. The molecule has 0 bridgehead atoms. The Bertz CT molecular complexity index is 460. The van der Waals surface area contributed by atoms with E-state index in [0.717, 1.165) is 0 Å². The molecule has 2 rings (SSSR count). The lowest BCUT2D eigenvalue weighted by atomic mass is 10.1. The average Bonchev–Trinajstić information content (AvgIpc) is 2.93. The van der Waals surface area contributed by atoms with Crippen LogP contribution in [-0.2, 0) is 16.1 Å². The summed E-state index contributed by atoms with van der Waals surface area (Å²) in [6.45, 7) is 6.80. The molecule has 1 aromatic rings. The first-order valence-electron chi connectivity index (χ1n) is 6.48. The van der Waals surface area contributed by atoms with Crippen LogP contribution in [0.5, 0.6) is 0 Å². The molecule has 1 saturated heterocycles.